The van der Waals surface area contributed by atoms with E-state index in [4.69, 9.17) is 0 Å². The molecule has 0 fully saturated rings. The van der Waals surface area contributed by atoms with Crippen molar-refractivity contribution in [1.82, 2.24) is 0 Å². The molecule has 0 aliphatic carbocycles. The van der Waals surface area contributed by atoms with Crippen molar-refractivity contribution in [2.75, 3.05) is 0 Å². The van der Waals surface area contributed by atoms with Crippen molar-refractivity contribution in [3.63, 3.8) is 0 Å². The van der Waals surface area contributed by atoms with E-state index >= 15 is 0 Å². The maximum Gasteiger partial charge on any atom is 4.00 e. The van der Waals surface area contributed by atoms with E-state index in [2.05, 4.69) is 102 Å². The Labute approximate surface area is 179 Å². The van der Waals surface area contributed by atoms with Gasteiger partial charge in [-0.05, 0) is 0 Å². The predicted molar refractivity (Wildman–Crippen MR) is 96.3 cm³/mol. The van der Waals surface area contributed by atoms with Gasteiger partial charge in [0.15, 0.2) is 0 Å². The molecule has 0 saturated heterocycles. The number of hydrogen-bond acceptors (Lipinski definition) is 0. The summed E-state index contributed by atoms with van der Waals surface area (Å²) in [5.74, 6) is 0. The van der Waals surface area contributed by atoms with Gasteiger partial charge in [0, 0.05) is 0 Å². The molecular weight excluding hydrogens is 414 g/mol. The van der Waals surface area contributed by atoms with Crippen molar-refractivity contribution in [3.05, 3.63) is 84.9 Å². The number of benzene rings is 1. The molecule has 0 radical (unpaired) electrons. The maximum atomic E-state index is 3.00. The van der Waals surface area contributed by atoms with Crippen molar-refractivity contribution in [3.8, 4) is 0 Å². The second kappa shape index (κ2) is 13.6. The Hall–Kier alpha value is -0.617. The molecule has 0 spiro atoms. The minimum absolute atomic E-state index is 0. The monoisotopic (exact) mass is 438 g/mol. The summed E-state index contributed by atoms with van der Waals surface area (Å²) in [6.07, 6.45) is 0. The normalized spacial score (nSPS) is 9.00. The van der Waals surface area contributed by atoms with Crippen molar-refractivity contribution in [2.45, 2.75) is 33.1 Å². The summed E-state index contributed by atoms with van der Waals surface area (Å²) in [7, 11) is 0. The first-order valence-electron chi connectivity index (χ1n) is 7.32. The molecule has 3 aromatic carbocycles. The summed E-state index contributed by atoms with van der Waals surface area (Å²) in [5.41, 5.74) is 3.11. The Morgan fingerprint density at radius 1 is 0.917 bits per heavy atom. The fourth-order valence-corrected chi connectivity index (χ4v) is 2.18. The molecule has 0 aromatic heterocycles. The smallest absolute Gasteiger partial charge is 1.00 e. The van der Waals surface area contributed by atoms with Crippen LogP contribution in [0, 0.1) is 6.92 Å². The van der Waals surface area contributed by atoms with Gasteiger partial charge in [0.2, 0.25) is 0 Å². The Bertz CT molecular complexity index is 646. The molecule has 0 N–H and O–H groups in total. The van der Waals surface area contributed by atoms with Crippen LogP contribution in [-0.4, -0.2) is 0 Å². The van der Waals surface area contributed by atoms with Crippen LogP contribution in [0.4, 0.5) is 0 Å². The Kier molecular flexibility index (Phi) is 16.0. The number of fused-ring (bicyclic) bond motifs is 1. The molecule has 3 rings (SSSR count). The van der Waals surface area contributed by atoms with E-state index in [9.17, 15) is 0 Å². The van der Waals surface area contributed by atoms with Gasteiger partial charge in [-0.2, -0.15) is 35.4 Å². The number of halogens is 2. The molecule has 0 nitrogen and oxygen atoms in total. The fourth-order valence-electron chi connectivity index (χ4n) is 2.18. The van der Waals surface area contributed by atoms with E-state index in [0.29, 0.717) is 5.41 Å². The van der Waals surface area contributed by atoms with Crippen LogP contribution in [0.2, 0.25) is 0 Å². The van der Waals surface area contributed by atoms with Crippen LogP contribution in [-0.2, 0) is 31.6 Å². The molecule has 0 atom stereocenters. The van der Waals surface area contributed by atoms with E-state index in [1.165, 1.54) is 21.9 Å². The van der Waals surface area contributed by atoms with E-state index in [-0.39, 0.29) is 51.0 Å². The molecule has 0 bridgehead atoms. The minimum Gasteiger partial charge on any atom is -1.00 e. The zero-order chi connectivity index (χ0) is 15.9. The maximum absolute atomic E-state index is 3.00. The van der Waals surface area contributed by atoms with Gasteiger partial charge < -0.3 is 24.8 Å². The van der Waals surface area contributed by atoms with E-state index in [1.54, 1.807) is 0 Å². The second-order valence-corrected chi connectivity index (χ2v) is 6.03. The summed E-state index contributed by atoms with van der Waals surface area (Å²) in [6.45, 7) is 14.8. The molecule has 0 amide bonds. The van der Waals surface area contributed by atoms with E-state index in [0.717, 1.165) is 0 Å². The van der Waals surface area contributed by atoms with Crippen LogP contribution in [0.5, 0.6) is 0 Å². The molecule has 128 valence electrons. The van der Waals surface area contributed by atoms with Crippen LogP contribution >= 0.6 is 0 Å². The molecule has 0 saturated carbocycles. The Balaban J connectivity index is -0.000000301. The summed E-state index contributed by atoms with van der Waals surface area (Å²) >= 11 is 0. The molecule has 0 heterocycles. The molecule has 24 heavy (non-hydrogen) atoms. The number of aryl methyl sites for hydroxylation is 1. The molecular formula is C21H26Cl2Zr. The van der Waals surface area contributed by atoms with Gasteiger partial charge in [-0.25, -0.2) is 6.07 Å². The van der Waals surface area contributed by atoms with Gasteiger partial charge in [0.1, 0.15) is 0 Å². The van der Waals surface area contributed by atoms with Crippen molar-refractivity contribution >= 4 is 10.8 Å². The molecule has 3 aromatic rings. The van der Waals surface area contributed by atoms with Crippen molar-refractivity contribution in [2.24, 2.45) is 0 Å². The molecule has 0 aliphatic heterocycles. The minimum atomic E-state index is 0. The third kappa shape index (κ3) is 8.47. The van der Waals surface area contributed by atoms with Crippen molar-refractivity contribution in [1.29, 1.82) is 0 Å². The SMILES string of the molecule is C=C.CC(C)(C)c1cc[cH-]c1.Cc1c[cH-]c2ccccc12.[Cl-].[Cl-].[Zr+4]. The average molecular weight is 441 g/mol. The van der Waals surface area contributed by atoms with Crippen LogP contribution in [0.25, 0.3) is 10.8 Å². The third-order valence-electron chi connectivity index (χ3n) is 3.43. The summed E-state index contributed by atoms with van der Waals surface area (Å²) < 4.78 is 0. The zero-order valence-electron chi connectivity index (χ0n) is 14.9. The summed E-state index contributed by atoms with van der Waals surface area (Å²) in [6, 6.07) is 21.3. The zero-order valence-corrected chi connectivity index (χ0v) is 18.9. The van der Waals surface area contributed by atoms with Crippen LogP contribution < -0.4 is 24.8 Å². The van der Waals surface area contributed by atoms with Crippen LogP contribution in [0.1, 0.15) is 31.9 Å². The quantitative estimate of drug-likeness (QED) is 0.350. The second-order valence-electron chi connectivity index (χ2n) is 6.03. The molecule has 3 heteroatoms. The Morgan fingerprint density at radius 2 is 1.50 bits per heavy atom. The topological polar surface area (TPSA) is 0 Å². The van der Waals surface area contributed by atoms with Gasteiger partial charge in [-0.15, -0.1) is 48.2 Å². The average Bonchev–Trinajstić information content (AvgIpc) is 3.12. The van der Waals surface area contributed by atoms with Gasteiger partial charge >= 0.3 is 26.2 Å². The van der Waals surface area contributed by atoms with Gasteiger partial charge in [-0.1, -0.05) is 39.2 Å². The van der Waals surface area contributed by atoms with Crippen molar-refractivity contribution < 1.29 is 51.0 Å². The van der Waals surface area contributed by atoms with E-state index < -0.39 is 0 Å². The van der Waals surface area contributed by atoms with Gasteiger partial charge in [0.25, 0.3) is 0 Å². The number of hydrogen-bond donors (Lipinski definition) is 0. The first kappa shape index (κ1) is 28.2. The fraction of sp³-hybridized carbons (Fsp3) is 0.238. The molecule has 0 unspecified atom stereocenters. The predicted octanol–water partition coefficient (Wildman–Crippen LogP) is 0.378. The summed E-state index contributed by atoms with van der Waals surface area (Å²) in [5, 5.41) is 2.72. The first-order chi connectivity index (χ1) is 9.98. The first-order valence-corrected chi connectivity index (χ1v) is 7.32. The van der Waals surface area contributed by atoms with E-state index in [1.807, 2.05) is 0 Å². The third-order valence-corrected chi connectivity index (χ3v) is 3.43. The van der Waals surface area contributed by atoms with Crippen LogP contribution in [0.15, 0.2) is 73.8 Å². The number of rotatable bonds is 0. The standard InChI is InChI=1S/C10H9.C9H13.C2H4.2ClH.Zr/c1-8-6-7-9-4-2-3-5-10(8)9;1-9(2,3)8-6-4-5-7-8;1-2;;;/h2-7H,1H3;4-7H,1-3H3;1-2H2;2*1H;/q2*-1;;;;+4/p-2. The van der Waals surface area contributed by atoms with Crippen LogP contribution in [0.3, 0.4) is 0 Å². The Morgan fingerprint density at radius 3 is 1.92 bits per heavy atom. The molecule has 0 aliphatic rings. The largest absolute Gasteiger partial charge is 4.00 e. The van der Waals surface area contributed by atoms with Gasteiger partial charge in [-0.3, -0.25) is 0 Å². The summed E-state index contributed by atoms with van der Waals surface area (Å²) in [4.78, 5) is 0. The van der Waals surface area contributed by atoms with Gasteiger partial charge in [0.05, 0.1) is 0 Å².